The SMILES string of the molecule is CC(N)C1CCCCN1CC(=O)NCC1CC1.Cl. The van der Waals surface area contributed by atoms with Gasteiger partial charge in [-0.2, -0.15) is 0 Å². The van der Waals surface area contributed by atoms with Gasteiger partial charge in [-0.05, 0) is 45.1 Å². The molecular formula is C13H26ClN3O. The molecule has 4 nitrogen and oxygen atoms in total. The standard InChI is InChI=1S/C13H25N3O.ClH/c1-10(14)12-4-2-3-7-16(12)9-13(17)15-8-11-5-6-11;/h10-12H,2-9,14H2,1H3,(H,15,17);1H. The molecule has 1 aliphatic carbocycles. The highest BCUT2D eigenvalue weighted by Gasteiger charge is 2.27. The lowest BCUT2D eigenvalue weighted by Crippen LogP contribution is -2.52. The van der Waals surface area contributed by atoms with Crippen molar-refractivity contribution in [1.29, 1.82) is 0 Å². The lowest BCUT2D eigenvalue weighted by Gasteiger charge is -2.37. The second kappa shape index (κ2) is 7.31. The number of piperidine rings is 1. The fourth-order valence-corrected chi connectivity index (χ4v) is 2.63. The summed E-state index contributed by atoms with van der Waals surface area (Å²) < 4.78 is 0. The highest BCUT2D eigenvalue weighted by atomic mass is 35.5. The number of nitrogens with one attached hydrogen (secondary N) is 1. The first kappa shape index (κ1) is 15.7. The molecule has 2 atom stereocenters. The summed E-state index contributed by atoms with van der Waals surface area (Å²) in [4.78, 5) is 14.1. The minimum Gasteiger partial charge on any atom is -0.355 e. The molecule has 0 spiro atoms. The molecule has 0 aromatic rings. The Bertz CT molecular complexity index is 269. The minimum absolute atomic E-state index is 0. The molecule has 2 rings (SSSR count). The van der Waals surface area contributed by atoms with E-state index in [1.807, 2.05) is 6.92 Å². The number of nitrogens with two attached hydrogens (primary N) is 1. The van der Waals surface area contributed by atoms with Gasteiger partial charge in [0.2, 0.25) is 5.91 Å². The van der Waals surface area contributed by atoms with Crippen molar-refractivity contribution in [3.63, 3.8) is 0 Å². The number of nitrogens with zero attached hydrogens (tertiary/aromatic N) is 1. The number of hydrogen-bond acceptors (Lipinski definition) is 3. The maximum Gasteiger partial charge on any atom is 0.234 e. The first-order valence-corrected chi connectivity index (χ1v) is 6.93. The molecule has 0 bridgehead atoms. The van der Waals surface area contributed by atoms with Crippen LogP contribution in [0.15, 0.2) is 0 Å². The predicted octanol–water partition coefficient (Wildman–Crippen LogP) is 1.14. The van der Waals surface area contributed by atoms with E-state index in [4.69, 9.17) is 5.73 Å². The summed E-state index contributed by atoms with van der Waals surface area (Å²) in [6.45, 7) is 4.46. The van der Waals surface area contributed by atoms with Crippen molar-refractivity contribution < 1.29 is 4.79 Å². The van der Waals surface area contributed by atoms with Gasteiger partial charge in [0.25, 0.3) is 0 Å². The van der Waals surface area contributed by atoms with Crippen LogP contribution in [-0.2, 0) is 4.79 Å². The fourth-order valence-electron chi connectivity index (χ4n) is 2.63. The Hall–Kier alpha value is -0.320. The average molecular weight is 276 g/mol. The Morgan fingerprint density at radius 2 is 2.11 bits per heavy atom. The van der Waals surface area contributed by atoms with E-state index in [9.17, 15) is 4.79 Å². The molecule has 2 fully saturated rings. The van der Waals surface area contributed by atoms with Crippen molar-refractivity contribution in [3.05, 3.63) is 0 Å². The largest absolute Gasteiger partial charge is 0.355 e. The lowest BCUT2D eigenvalue weighted by atomic mass is 9.97. The van der Waals surface area contributed by atoms with Crippen LogP contribution in [0.4, 0.5) is 0 Å². The van der Waals surface area contributed by atoms with Gasteiger partial charge in [0.1, 0.15) is 0 Å². The summed E-state index contributed by atoms with van der Waals surface area (Å²) in [5.74, 6) is 0.925. The number of halogens is 1. The lowest BCUT2D eigenvalue weighted by molar-refractivity contribution is -0.123. The van der Waals surface area contributed by atoms with Crippen molar-refractivity contribution in [2.75, 3.05) is 19.6 Å². The van der Waals surface area contributed by atoms with Gasteiger partial charge in [-0.25, -0.2) is 0 Å². The molecule has 1 amide bonds. The Morgan fingerprint density at radius 1 is 1.39 bits per heavy atom. The second-order valence-corrected chi connectivity index (χ2v) is 5.64. The smallest absolute Gasteiger partial charge is 0.234 e. The van der Waals surface area contributed by atoms with Crippen LogP contribution in [0.25, 0.3) is 0 Å². The van der Waals surface area contributed by atoms with Gasteiger partial charge < -0.3 is 11.1 Å². The van der Waals surface area contributed by atoms with E-state index in [1.165, 1.54) is 25.7 Å². The average Bonchev–Trinajstić information content (AvgIpc) is 3.10. The van der Waals surface area contributed by atoms with E-state index >= 15 is 0 Å². The van der Waals surface area contributed by atoms with Crippen molar-refractivity contribution in [2.45, 2.75) is 51.1 Å². The highest BCUT2D eigenvalue weighted by Crippen LogP contribution is 2.27. The molecule has 1 saturated heterocycles. The summed E-state index contributed by atoms with van der Waals surface area (Å²) in [6.07, 6.45) is 6.14. The maximum atomic E-state index is 11.8. The van der Waals surface area contributed by atoms with Gasteiger partial charge in [0.15, 0.2) is 0 Å². The molecule has 5 heteroatoms. The zero-order chi connectivity index (χ0) is 12.3. The number of hydrogen-bond donors (Lipinski definition) is 2. The van der Waals surface area contributed by atoms with Crippen LogP contribution < -0.4 is 11.1 Å². The Morgan fingerprint density at radius 3 is 2.72 bits per heavy atom. The van der Waals surface area contributed by atoms with Crippen LogP contribution >= 0.6 is 12.4 Å². The third-order valence-corrected chi connectivity index (χ3v) is 3.90. The van der Waals surface area contributed by atoms with E-state index in [1.54, 1.807) is 0 Å². The fraction of sp³-hybridized carbons (Fsp3) is 0.923. The molecule has 1 heterocycles. The third-order valence-electron chi connectivity index (χ3n) is 3.90. The van der Waals surface area contributed by atoms with Gasteiger partial charge in [-0.15, -0.1) is 12.4 Å². The van der Waals surface area contributed by atoms with Crippen LogP contribution in [0.1, 0.15) is 39.0 Å². The molecule has 0 aromatic carbocycles. The first-order valence-electron chi connectivity index (χ1n) is 6.93. The van der Waals surface area contributed by atoms with E-state index in [0.29, 0.717) is 12.6 Å². The van der Waals surface area contributed by atoms with Gasteiger partial charge in [-0.1, -0.05) is 6.42 Å². The van der Waals surface area contributed by atoms with Crippen LogP contribution in [0.3, 0.4) is 0 Å². The summed E-state index contributed by atoms with van der Waals surface area (Å²) in [5.41, 5.74) is 5.99. The molecule has 0 aromatic heterocycles. The molecule has 2 aliphatic rings. The predicted molar refractivity (Wildman–Crippen MR) is 75.8 cm³/mol. The van der Waals surface area contributed by atoms with E-state index in [0.717, 1.165) is 25.4 Å². The van der Waals surface area contributed by atoms with Crippen LogP contribution in [0.5, 0.6) is 0 Å². The molecule has 1 saturated carbocycles. The summed E-state index contributed by atoms with van der Waals surface area (Å²) >= 11 is 0. The normalized spacial score (nSPS) is 26.2. The topological polar surface area (TPSA) is 58.4 Å². The van der Waals surface area contributed by atoms with E-state index in [2.05, 4.69) is 10.2 Å². The van der Waals surface area contributed by atoms with Crippen molar-refractivity contribution in [1.82, 2.24) is 10.2 Å². The van der Waals surface area contributed by atoms with Gasteiger partial charge in [0, 0.05) is 18.6 Å². The quantitative estimate of drug-likeness (QED) is 0.791. The number of rotatable bonds is 5. The summed E-state index contributed by atoms with van der Waals surface area (Å²) in [6, 6.07) is 0.543. The monoisotopic (exact) mass is 275 g/mol. The number of carbonyl (C=O) groups excluding carboxylic acids is 1. The maximum absolute atomic E-state index is 11.8. The van der Waals surface area contributed by atoms with Crippen LogP contribution in [-0.4, -0.2) is 42.5 Å². The van der Waals surface area contributed by atoms with Gasteiger partial charge >= 0.3 is 0 Å². The summed E-state index contributed by atoms with van der Waals surface area (Å²) in [5, 5.41) is 3.03. The van der Waals surface area contributed by atoms with Gasteiger partial charge in [0.05, 0.1) is 6.54 Å². The Kier molecular flexibility index (Phi) is 6.39. The molecule has 2 unspecified atom stereocenters. The molecule has 18 heavy (non-hydrogen) atoms. The van der Waals surface area contributed by atoms with E-state index in [-0.39, 0.29) is 24.4 Å². The Labute approximate surface area is 116 Å². The minimum atomic E-state index is 0. The highest BCUT2D eigenvalue weighted by molar-refractivity contribution is 5.85. The van der Waals surface area contributed by atoms with Crippen LogP contribution in [0, 0.1) is 5.92 Å². The second-order valence-electron chi connectivity index (χ2n) is 5.64. The zero-order valence-electron chi connectivity index (χ0n) is 11.2. The van der Waals surface area contributed by atoms with Crippen molar-refractivity contribution >= 4 is 18.3 Å². The summed E-state index contributed by atoms with van der Waals surface area (Å²) in [7, 11) is 0. The Balaban J connectivity index is 0.00000162. The van der Waals surface area contributed by atoms with Crippen LogP contribution in [0.2, 0.25) is 0 Å². The number of carbonyl (C=O) groups is 1. The molecular weight excluding hydrogens is 250 g/mol. The van der Waals surface area contributed by atoms with E-state index < -0.39 is 0 Å². The third kappa shape index (κ3) is 4.75. The number of likely N-dealkylation sites (tertiary alicyclic amines) is 1. The van der Waals surface area contributed by atoms with Gasteiger partial charge in [-0.3, -0.25) is 9.69 Å². The van der Waals surface area contributed by atoms with Crippen molar-refractivity contribution in [2.24, 2.45) is 11.7 Å². The molecule has 3 N–H and O–H groups in total. The number of amides is 1. The molecule has 0 radical (unpaired) electrons. The van der Waals surface area contributed by atoms with Crippen molar-refractivity contribution in [3.8, 4) is 0 Å². The molecule has 1 aliphatic heterocycles. The first-order chi connectivity index (χ1) is 8.16. The molecule has 106 valence electrons. The zero-order valence-corrected chi connectivity index (χ0v) is 12.0.